The number of benzene rings is 1. The third-order valence-electron chi connectivity index (χ3n) is 4.86. The first-order valence-electron chi connectivity index (χ1n) is 7.63. The molecule has 1 aromatic rings. The molecule has 1 heterocycles. The van der Waals surface area contributed by atoms with Gasteiger partial charge in [0.25, 0.3) is 5.91 Å². The zero-order valence-electron chi connectivity index (χ0n) is 11.8. The van der Waals surface area contributed by atoms with Crippen LogP contribution in [0.25, 0.3) is 0 Å². The van der Waals surface area contributed by atoms with Crippen molar-refractivity contribution in [3.8, 4) is 0 Å². The average molecular weight is 273 g/mol. The molecule has 4 nitrogen and oxygen atoms in total. The van der Waals surface area contributed by atoms with Crippen molar-refractivity contribution in [1.29, 1.82) is 0 Å². The van der Waals surface area contributed by atoms with Crippen LogP contribution < -0.4 is 16.4 Å². The van der Waals surface area contributed by atoms with Gasteiger partial charge < -0.3 is 16.4 Å². The molecule has 0 bridgehead atoms. The summed E-state index contributed by atoms with van der Waals surface area (Å²) < 4.78 is 0. The van der Waals surface area contributed by atoms with Gasteiger partial charge in [-0.1, -0.05) is 18.9 Å². The van der Waals surface area contributed by atoms with Crippen molar-refractivity contribution < 1.29 is 4.79 Å². The van der Waals surface area contributed by atoms with Gasteiger partial charge >= 0.3 is 0 Å². The van der Waals surface area contributed by atoms with Gasteiger partial charge in [0.1, 0.15) is 0 Å². The van der Waals surface area contributed by atoms with E-state index in [9.17, 15) is 4.79 Å². The first kappa shape index (κ1) is 13.3. The fraction of sp³-hybridized carbons (Fsp3) is 0.562. The summed E-state index contributed by atoms with van der Waals surface area (Å²) >= 11 is 0. The number of carbonyl (C=O) groups is 1. The number of piperidine rings is 1. The zero-order chi connectivity index (χ0) is 14.1. The molecular weight excluding hydrogens is 250 g/mol. The number of nitrogen functional groups attached to an aromatic ring is 1. The van der Waals surface area contributed by atoms with Gasteiger partial charge in [-0.2, -0.15) is 0 Å². The van der Waals surface area contributed by atoms with Crippen molar-refractivity contribution in [2.45, 2.75) is 44.6 Å². The Kier molecular flexibility index (Phi) is 3.55. The van der Waals surface area contributed by atoms with Gasteiger partial charge in [-0.3, -0.25) is 4.79 Å². The van der Waals surface area contributed by atoms with Gasteiger partial charge in [-0.15, -0.1) is 0 Å². The molecule has 108 valence electrons. The fourth-order valence-corrected chi connectivity index (χ4v) is 3.98. The molecule has 20 heavy (non-hydrogen) atoms. The topological polar surface area (TPSA) is 72.3 Å². The number of rotatable bonds is 2. The lowest BCUT2D eigenvalue weighted by molar-refractivity contribution is 0.100. The van der Waals surface area contributed by atoms with Crippen LogP contribution in [0.5, 0.6) is 0 Å². The maximum absolute atomic E-state index is 11.7. The molecule has 0 radical (unpaired) electrons. The van der Waals surface area contributed by atoms with Crippen LogP contribution in [0.3, 0.4) is 0 Å². The highest BCUT2D eigenvalue weighted by molar-refractivity contribution is 6.01. The average Bonchev–Trinajstić information content (AvgIpc) is 2.46. The smallest absolute Gasteiger partial charge is 0.250 e. The molecular formula is C16H23N3O. The van der Waals surface area contributed by atoms with Crippen molar-refractivity contribution in [3.05, 3.63) is 23.8 Å². The quantitative estimate of drug-likeness (QED) is 0.813. The number of amides is 1. The normalized spacial score (nSPS) is 26.1. The maximum atomic E-state index is 11.7. The summed E-state index contributed by atoms with van der Waals surface area (Å²) in [6.45, 7) is 0.982. The maximum Gasteiger partial charge on any atom is 0.250 e. The molecule has 0 aromatic heterocycles. The molecule has 2 atom stereocenters. The predicted molar refractivity (Wildman–Crippen MR) is 81.7 cm³/mol. The lowest BCUT2D eigenvalue weighted by atomic mass is 9.78. The number of anilines is 2. The standard InChI is InChI=1S/C16H23N3O/c17-13-8-3-7-12(16(18)20)15(13)19-10-4-6-11-5-1-2-9-14(11)19/h3,7-8,11,14H,1-2,4-6,9-10,17H2,(H2,18,20)/t11-,14-/m1/s1. The van der Waals surface area contributed by atoms with Crippen LogP contribution >= 0.6 is 0 Å². The van der Waals surface area contributed by atoms with Crippen molar-refractivity contribution >= 4 is 17.3 Å². The van der Waals surface area contributed by atoms with E-state index in [2.05, 4.69) is 4.90 Å². The van der Waals surface area contributed by atoms with Crippen molar-refractivity contribution in [3.63, 3.8) is 0 Å². The van der Waals surface area contributed by atoms with Gasteiger partial charge in [0.05, 0.1) is 16.9 Å². The Morgan fingerprint density at radius 3 is 2.70 bits per heavy atom. The Bertz CT molecular complexity index is 512. The summed E-state index contributed by atoms with van der Waals surface area (Å²) in [5.74, 6) is 0.364. The molecule has 1 aliphatic carbocycles. The fourth-order valence-electron chi connectivity index (χ4n) is 3.98. The van der Waals surface area contributed by atoms with Gasteiger partial charge in [-0.05, 0) is 43.7 Å². The molecule has 2 aliphatic rings. The highest BCUT2D eigenvalue weighted by Gasteiger charge is 2.35. The summed E-state index contributed by atoms with van der Waals surface area (Å²) in [4.78, 5) is 14.1. The monoisotopic (exact) mass is 273 g/mol. The lowest BCUT2D eigenvalue weighted by Crippen LogP contribution is -2.47. The van der Waals surface area contributed by atoms with Crippen LogP contribution in [0.4, 0.5) is 11.4 Å². The van der Waals surface area contributed by atoms with Crippen LogP contribution in [-0.2, 0) is 0 Å². The van der Waals surface area contributed by atoms with Crippen molar-refractivity contribution in [2.24, 2.45) is 11.7 Å². The number of para-hydroxylation sites is 1. The predicted octanol–water partition coefficient (Wildman–Crippen LogP) is 2.53. The molecule has 1 aliphatic heterocycles. The Labute approximate surface area is 120 Å². The summed E-state index contributed by atoms with van der Waals surface area (Å²) in [5, 5.41) is 0. The Morgan fingerprint density at radius 1 is 1.15 bits per heavy atom. The van der Waals surface area contributed by atoms with Crippen LogP contribution in [0.1, 0.15) is 48.9 Å². The molecule has 3 rings (SSSR count). The summed E-state index contributed by atoms with van der Waals surface area (Å²) in [6, 6.07) is 6.00. The SMILES string of the molecule is NC(=O)c1cccc(N)c1N1CCC[C@H]2CCCC[C@H]21. The van der Waals surface area contributed by atoms with E-state index in [-0.39, 0.29) is 5.91 Å². The van der Waals surface area contributed by atoms with E-state index in [1.807, 2.05) is 6.07 Å². The van der Waals surface area contributed by atoms with E-state index in [4.69, 9.17) is 11.5 Å². The van der Waals surface area contributed by atoms with Gasteiger partial charge in [0, 0.05) is 12.6 Å². The van der Waals surface area contributed by atoms with E-state index >= 15 is 0 Å². The summed E-state index contributed by atoms with van der Waals surface area (Å²) in [7, 11) is 0. The first-order chi connectivity index (χ1) is 9.68. The molecule has 0 unspecified atom stereocenters. The van der Waals surface area contributed by atoms with Crippen LogP contribution in [0.15, 0.2) is 18.2 Å². The zero-order valence-corrected chi connectivity index (χ0v) is 11.8. The molecule has 1 saturated heterocycles. The van der Waals surface area contributed by atoms with Crippen LogP contribution in [-0.4, -0.2) is 18.5 Å². The minimum Gasteiger partial charge on any atom is -0.397 e. The Hall–Kier alpha value is -1.71. The molecule has 4 heteroatoms. The highest BCUT2D eigenvalue weighted by atomic mass is 16.1. The van der Waals surface area contributed by atoms with Crippen molar-refractivity contribution in [2.75, 3.05) is 17.2 Å². The number of carbonyl (C=O) groups excluding carboxylic acids is 1. The minimum atomic E-state index is -0.384. The third kappa shape index (κ3) is 2.23. The Morgan fingerprint density at radius 2 is 1.90 bits per heavy atom. The largest absolute Gasteiger partial charge is 0.397 e. The number of nitrogens with two attached hydrogens (primary N) is 2. The second-order valence-electron chi connectivity index (χ2n) is 6.06. The van der Waals surface area contributed by atoms with Gasteiger partial charge in [-0.25, -0.2) is 0 Å². The molecule has 2 fully saturated rings. The minimum absolute atomic E-state index is 0.384. The number of fused-ring (bicyclic) bond motifs is 1. The van der Waals surface area contributed by atoms with E-state index < -0.39 is 0 Å². The second kappa shape index (κ2) is 5.35. The number of hydrogen-bond acceptors (Lipinski definition) is 3. The van der Waals surface area contributed by atoms with E-state index in [1.54, 1.807) is 12.1 Å². The molecule has 1 saturated carbocycles. The van der Waals surface area contributed by atoms with E-state index in [1.165, 1.54) is 38.5 Å². The summed E-state index contributed by atoms with van der Waals surface area (Å²) in [6.07, 6.45) is 7.60. The number of hydrogen-bond donors (Lipinski definition) is 2. The third-order valence-corrected chi connectivity index (χ3v) is 4.86. The first-order valence-corrected chi connectivity index (χ1v) is 7.63. The number of nitrogens with zero attached hydrogens (tertiary/aromatic N) is 1. The molecule has 1 amide bonds. The van der Waals surface area contributed by atoms with E-state index in [0.29, 0.717) is 17.3 Å². The van der Waals surface area contributed by atoms with Gasteiger partial charge in [0.2, 0.25) is 0 Å². The van der Waals surface area contributed by atoms with Crippen LogP contribution in [0.2, 0.25) is 0 Å². The number of primary amides is 1. The summed E-state index contributed by atoms with van der Waals surface area (Å²) in [5.41, 5.74) is 13.8. The molecule has 1 aromatic carbocycles. The Balaban J connectivity index is 2.00. The second-order valence-corrected chi connectivity index (χ2v) is 6.06. The van der Waals surface area contributed by atoms with Gasteiger partial charge in [0.15, 0.2) is 0 Å². The van der Waals surface area contributed by atoms with Crippen LogP contribution in [0, 0.1) is 5.92 Å². The lowest BCUT2D eigenvalue weighted by Gasteiger charge is -2.46. The van der Waals surface area contributed by atoms with E-state index in [0.717, 1.165) is 18.2 Å². The highest BCUT2D eigenvalue weighted by Crippen LogP contribution is 2.40. The molecule has 0 spiro atoms. The molecule has 4 N–H and O–H groups in total. The van der Waals surface area contributed by atoms with Crippen molar-refractivity contribution in [1.82, 2.24) is 0 Å².